The minimum absolute atomic E-state index is 0.375. The highest BCUT2D eigenvalue weighted by molar-refractivity contribution is 5.89. The van der Waals surface area contributed by atoms with Crippen molar-refractivity contribution in [2.45, 2.75) is 123 Å². The average Bonchev–Trinajstić information content (AvgIpc) is 3.82. The van der Waals surface area contributed by atoms with Crippen LogP contribution >= 0.6 is 0 Å². The third-order valence-electron chi connectivity index (χ3n) is 15.7. The standard InChI is InChI=1S/C58H58N2/c1-37-38(2)52(60-54-26-14-10-18-44(54)45-19-11-15-27-55(45)60)35-33-43(37)41-30-34-56-51(36-41)46-20-12-13-25-53(46)59(56)42-31-28-40(29-32-42)58-49-23-8-6-21-47(49)57(39-16-4-3-5-17-39)48-22-7-9-24-50(48)58/h4,8,10-12,14,16-17,19-20,23,26,28,30-31,33,35-36,44,56H,3,5-7,9,13,15,18,21-22,24-25,27,29,32,34H2,1-2H3. The van der Waals surface area contributed by atoms with E-state index >= 15 is 0 Å². The molecule has 0 aromatic heterocycles. The fourth-order valence-electron chi connectivity index (χ4n) is 12.8. The van der Waals surface area contributed by atoms with Crippen LogP contribution in [0.15, 0.2) is 143 Å². The summed E-state index contributed by atoms with van der Waals surface area (Å²) in [5, 5.41) is 0. The molecular formula is C58H58N2. The Morgan fingerprint density at radius 2 is 1.42 bits per heavy atom. The third-order valence-corrected chi connectivity index (χ3v) is 15.7. The Kier molecular flexibility index (Phi) is 8.94. The fourth-order valence-corrected chi connectivity index (χ4v) is 12.8. The number of benzene rings is 2. The summed E-state index contributed by atoms with van der Waals surface area (Å²) in [7, 11) is 0. The highest BCUT2D eigenvalue weighted by Crippen LogP contribution is 2.52. The molecule has 0 radical (unpaired) electrons. The van der Waals surface area contributed by atoms with E-state index in [9.17, 15) is 0 Å². The van der Waals surface area contributed by atoms with Crippen molar-refractivity contribution >= 4 is 28.5 Å². The van der Waals surface area contributed by atoms with Crippen LogP contribution in [0.3, 0.4) is 0 Å². The zero-order chi connectivity index (χ0) is 39.9. The van der Waals surface area contributed by atoms with Crippen molar-refractivity contribution in [3.05, 3.63) is 193 Å². The van der Waals surface area contributed by atoms with E-state index in [2.05, 4.69) is 133 Å². The number of nitrogens with zero attached hydrogens (tertiary/aromatic N) is 2. The van der Waals surface area contributed by atoms with Gasteiger partial charge in [0.25, 0.3) is 0 Å². The second-order valence-electron chi connectivity index (χ2n) is 18.8. The van der Waals surface area contributed by atoms with Crippen LogP contribution in [0.4, 0.5) is 5.69 Å². The van der Waals surface area contributed by atoms with Crippen molar-refractivity contribution in [1.82, 2.24) is 4.90 Å². The monoisotopic (exact) mass is 782 g/mol. The Morgan fingerprint density at radius 1 is 0.600 bits per heavy atom. The number of hydrogen-bond donors (Lipinski definition) is 0. The number of rotatable bonds is 5. The molecule has 10 aliphatic rings. The van der Waals surface area contributed by atoms with Crippen LogP contribution < -0.4 is 4.90 Å². The average molecular weight is 783 g/mol. The second-order valence-corrected chi connectivity index (χ2v) is 18.8. The lowest BCUT2D eigenvalue weighted by Crippen LogP contribution is -2.31. The first-order valence-electron chi connectivity index (χ1n) is 23.6. The van der Waals surface area contributed by atoms with Gasteiger partial charge >= 0.3 is 0 Å². The van der Waals surface area contributed by atoms with Gasteiger partial charge in [-0.3, -0.25) is 0 Å². The molecule has 2 nitrogen and oxygen atoms in total. The van der Waals surface area contributed by atoms with Gasteiger partial charge in [0, 0.05) is 34.4 Å². The summed E-state index contributed by atoms with van der Waals surface area (Å²) in [5.41, 5.74) is 30.3. The van der Waals surface area contributed by atoms with Crippen molar-refractivity contribution in [1.29, 1.82) is 0 Å². The molecule has 0 amide bonds. The predicted octanol–water partition coefficient (Wildman–Crippen LogP) is 14.5. The molecule has 0 N–H and O–H groups in total. The van der Waals surface area contributed by atoms with Crippen molar-refractivity contribution in [3.63, 3.8) is 0 Å². The maximum Gasteiger partial charge on any atom is 0.0626 e. The molecule has 0 fully saturated rings. The topological polar surface area (TPSA) is 6.48 Å². The van der Waals surface area contributed by atoms with Crippen molar-refractivity contribution in [2.75, 3.05) is 4.90 Å². The largest absolute Gasteiger partial charge is 0.340 e. The maximum atomic E-state index is 2.79. The molecule has 60 heavy (non-hydrogen) atoms. The molecule has 2 aliphatic heterocycles. The first-order chi connectivity index (χ1) is 29.6. The summed E-state index contributed by atoms with van der Waals surface area (Å²) in [5.74, 6) is 0.488. The second kappa shape index (κ2) is 14.7. The van der Waals surface area contributed by atoms with Crippen molar-refractivity contribution < 1.29 is 0 Å². The van der Waals surface area contributed by atoms with E-state index in [1.165, 1.54) is 118 Å². The van der Waals surface area contributed by atoms with Crippen LogP contribution in [0.25, 0.3) is 22.8 Å². The SMILES string of the molecule is Cc1c(C2=CCC3C(=C2)C2=C(CCC=C2)N3C2=CC=C(c3c4c(c(C5=CCCC=C5)c5c3CCCC5)CCC=C4)CC2)ccc(N2C3=CC=CCC3C3=C2CCC=C3)c1C. The van der Waals surface area contributed by atoms with Gasteiger partial charge in [-0.25, -0.2) is 0 Å². The van der Waals surface area contributed by atoms with Gasteiger partial charge in [0.05, 0.1) is 6.04 Å². The van der Waals surface area contributed by atoms with E-state index in [0.29, 0.717) is 12.0 Å². The first kappa shape index (κ1) is 36.5. The molecule has 2 unspecified atom stereocenters. The van der Waals surface area contributed by atoms with E-state index in [1.54, 1.807) is 39.1 Å². The molecule has 2 aromatic rings. The Balaban J connectivity index is 0.877. The first-order valence-corrected chi connectivity index (χ1v) is 23.6. The molecule has 2 atom stereocenters. The fraction of sp³-hybridized carbons (Fsp3) is 0.345. The van der Waals surface area contributed by atoms with Crippen LogP contribution in [0.1, 0.15) is 134 Å². The van der Waals surface area contributed by atoms with Gasteiger partial charge in [-0.05, 0) is 224 Å². The van der Waals surface area contributed by atoms with Crippen LogP contribution in [-0.4, -0.2) is 10.9 Å². The van der Waals surface area contributed by atoms with E-state index < -0.39 is 0 Å². The molecule has 2 heterocycles. The van der Waals surface area contributed by atoms with Gasteiger partial charge < -0.3 is 9.80 Å². The number of allylic oxidation sites excluding steroid dienone is 21. The van der Waals surface area contributed by atoms with Gasteiger partial charge in [-0.1, -0.05) is 85.1 Å². The molecule has 2 heteroatoms. The number of hydrogen-bond acceptors (Lipinski definition) is 2. The zero-order valence-electron chi connectivity index (χ0n) is 35.8. The summed E-state index contributed by atoms with van der Waals surface area (Å²) in [6.07, 6.45) is 57.8. The van der Waals surface area contributed by atoms with Gasteiger partial charge in [0.2, 0.25) is 0 Å². The molecule has 8 aliphatic carbocycles. The molecule has 0 bridgehead atoms. The summed E-state index contributed by atoms with van der Waals surface area (Å²) in [6, 6.07) is 5.24. The number of fused-ring (bicyclic) bond motifs is 6. The molecule has 2 aromatic carbocycles. The molecule has 0 saturated heterocycles. The van der Waals surface area contributed by atoms with E-state index in [1.807, 2.05) is 0 Å². The minimum atomic E-state index is 0.375. The van der Waals surface area contributed by atoms with Crippen LogP contribution in [0.2, 0.25) is 0 Å². The summed E-state index contributed by atoms with van der Waals surface area (Å²) in [4.78, 5) is 5.42. The quantitative estimate of drug-likeness (QED) is 0.298. The third kappa shape index (κ3) is 5.65. The lowest BCUT2D eigenvalue weighted by molar-refractivity contribution is 0.350. The highest BCUT2D eigenvalue weighted by Gasteiger charge is 2.40. The summed E-state index contributed by atoms with van der Waals surface area (Å²) in [6.45, 7) is 4.73. The van der Waals surface area contributed by atoms with Crippen LogP contribution in [0.5, 0.6) is 0 Å². The Morgan fingerprint density at radius 3 is 2.27 bits per heavy atom. The molecule has 0 spiro atoms. The Bertz CT molecular complexity index is 2680. The lowest BCUT2D eigenvalue weighted by Gasteiger charge is -2.36. The summed E-state index contributed by atoms with van der Waals surface area (Å²) >= 11 is 0. The van der Waals surface area contributed by atoms with Crippen LogP contribution in [-0.2, 0) is 19.3 Å². The summed E-state index contributed by atoms with van der Waals surface area (Å²) < 4.78 is 0. The number of anilines is 1. The van der Waals surface area contributed by atoms with Crippen molar-refractivity contribution in [2.24, 2.45) is 5.92 Å². The Hall–Kier alpha value is -5.34. The smallest absolute Gasteiger partial charge is 0.0626 e. The van der Waals surface area contributed by atoms with E-state index in [0.717, 1.165) is 57.8 Å². The van der Waals surface area contributed by atoms with Crippen molar-refractivity contribution in [3.8, 4) is 0 Å². The normalized spacial score (nSPS) is 24.8. The zero-order valence-corrected chi connectivity index (χ0v) is 35.8. The lowest BCUT2D eigenvalue weighted by atomic mass is 9.72. The van der Waals surface area contributed by atoms with Crippen LogP contribution in [0, 0.1) is 19.8 Å². The maximum absolute atomic E-state index is 2.79. The minimum Gasteiger partial charge on any atom is -0.340 e. The predicted molar refractivity (Wildman–Crippen MR) is 253 cm³/mol. The van der Waals surface area contributed by atoms with E-state index in [-0.39, 0.29) is 0 Å². The van der Waals surface area contributed by atoms with Gasteiger partial charge in [0.15, 0.2) is 0 Å². The van der Waals surface area contributed by atoms with Gasteiger partial charge in [0.1, 0.15) is 0 Å². The van der Waals surface area contributed by atoms with E-state index in [4.69, 9.17) is 0 Å². The molecule has 12 rings (SSSR count). The molecule has 0 saturated carbocycles. The highest BCUT2D eigenvalue weighted by atomic mass is 15.2. The molecular weight excluding hydrogens is 725 g/mol. The Labute approximate surface area is 358 Å². The van der Waals surface area contributed by atoms with Gasteiger partial charge in [-0.15, -0.1) is 0 Å². The molecule has 300 valence electrons. The van der Waals surface area contributed by atoms with Gasteiger partial charge in [-0.2, -0.15) is 0 Å².